The molecular weight excluding hydrogens is 232 g/mol. The van der Waals surface area contributed by atoms with Crippen LogP contribution in [0.25, 0.3) is 0 Å². The lowest BCUT2D eigenvalue weighted by atomic mass is 10.3. The molecule has 1 N–H and O–H groups in total. The molecule has 2 rings (SSSR count). The Morgan fingerprint density at radius 2 is 2.28 bits per heavy atom. The third kappa shape index (κ3) is 4.35. The molecule has 0 saturated carbocycles. The number of hydrogen-bond acceptors (Lipinski definition) is 4. The van der Waals surface area contributed by atoms with E-state index >= 15 is 0 Å². The average Bonchev–Trinajstić information content (AvgIpc) is 2.41. The molecule has 1 fully saturated rings. The molecule has 0 aromatic heterocycles. The number of rotatable bonds is 4. The van der Waals surface area contributed by atoms with Gasteiger partial charge in [0.15, 0.2) is 0 Å². The van der Waals surface area contributed by atoms with Crippen molar-refractivity contribution in [2.24, 2.45) is 0 Å². The number of benzene rings is 1. The largest absolute Gasteiger partial charge is 0.448 e. The first kappa shape index (κ1) is 12.9. The first-order valence-corrected chi connectivity index (χ1v) is 6.05. The van der Waals surface area contributed by atoms with Gasteiger partial charge in [-0.05, 0) is 6.07 Å². The fourth-order valence-electron chi connectivity index (χ4n) is 1.71. The molecule has 1 amide bonds. The Morgan fingerprint density at radius 1 is 1.44 bits per heavy atom. The topological polar surface area (TPSA) is 50.8 Å². The van der Waals surface area contributed by atoms with Crippen LogP contribution in [0.5, 0.6) is 0 Å². The number of hydrogen-bond donors (Lipinski definition) is 1. The molecule has 0 spiro atoms. The van der Waals surface area contributed by atoms with Gasteiger partial charge in [0.1, 0.15) is 6.61 Å². The van der Waals surface area contributed by atoms with Gasteiger partial charge in [-0.3, -0.25) is 10.2 Å². The second-order valence-electron chi connectivity index (χ2n) is 3.99. The van der Waals surface area contributed by atoms with Gasteiger partial charge in [-0.2, -0.15) is 0 Å². The van der Waals surface area contributed by atoms with Gasteiger partial charge in [0, 0.05) is 25.7 Å². The first-order chi connectivity index (χ1) is 8.84. The summed E-state index contributed by atoms with van der Waals surface area (Å²) in [6.45, 7) is 4.44. The summed E-state index contributed by atoms with van der Waals surface area (Å²) in [5.41, 5.74) is 0.619. The average molecular weight is 249 g/mol. The second kappa shape index (κ2) is 6.98. The van der Waals surface area contributed by atoms with E-state index in [1.165, 1.54) is 0 Å². The molecular formula is C13H17N2O3. The fourth-order valence-corrected chi connectivity index (χ4v) is 1.71. The minimum atomic E-state index is -0.439. The van der Waals surface area contributed by atoms with E-state index in [9.17, 15) is 4.79 Å². The Hall–Kier alpha value is -1.59. The summed E-state index contributed by atoms with van der Waals surface area (Å²) in [4.78, 5) is 13.7. The van der Waals surface area contributed by atoms with E-state index < -0.39 is 6.09 Å². The highest BCUT2D eigenvalue weighted by Gasteiger charge is 2.10. The molecule has 1 radical (unpaired) electrons. The Labute approximate surface area is 107 Å². The van der Waals surface area contributed by atoms with E-state index in [0.29, 0.717) is 12.3 Å². The molecule has 1 saturated heterocycles. The van der Waals surface area contributed by atoms with E-state index in [1.807, 2.05) is 12.1 Å². The maximum absolute atomic E-state index is 11.5. The van der Waals surface area contributed by atoms with Crippen molar-refractivity contribution in [2.75, 3.05) is 44.8 Å². The van der Waals surface area contributed by atoms with Crippen molar-refractivity contribution in [2.45, 2.75) is 0 Å². The van der Waals surface area contributed by atoms with E-state index in [1.54, 1.807) is 12.1 Å². The number of anilines is 1. The molecule has 0 atom stereocenters. The van der Waals surface area contributed by atoms with Gasteiger partial charge >= 0.3 is 6.09 Å². The summed E-state index contributed by atoms with van der Waals surface area (Å²) >= 11 is 0. The maximum Gasteiger partial charge on any atom is 0.411 e. The Morgan fingerprint density at radius 3 is 3.00 bits per heavy atom. The molecule has 97 valence electrons. The van der Waals surface area contributed by atoms with E-state index in [2.05, 4.69) is 16.3 Å². The summed E-state index contributed by atoms with van der Waals surface area (Å²) in [5, 5.41) is 2.62. The molecule has 1 aromatic rings. The smallest absolute Gasteiger partial charge is 0.411 e. The predicted molar refractivity (Wildman–Crippen MR) is 67.5 cm³/mol. The second-order valence-corrected chi connectivity index (χ2v) is 3.99. The number of carbonyl (C=O) groups is 1. The standard InChI is InChI=1S/C13H17N2O3/c16-13(14-12-4-2-1-3-5-12)18-11-8-15-6-9-17-10-7-15/h1-4H,6-11H2,(H,14,16). The summed E-state index contributed by atoms with van der Waals surface area (Å²) in [5.74, 6) is 0. The van der Waals surface area contributed by atoms with Crippen molar-refractivity contribution in [3.05, 3.63) is 30.3 Å². The van der Waals surface area contributed by atoms with E-state index in [0.717, 1.165) is 32.8 Å². The van der Waals surface area contributed by atoms with Crippen LogP contribution in [0.4, 0.5) is 10.5 Å². The monoisotopic (exact) mass is 249 g/mol. The maximum atomic E-state index is 11.5. The normalized spacial score (nSPS) is 16.2. The molecule has 1 aliphatic rings. The molecule has 5 heteroatoms. The highest BCUT2D eigenvalue weighted by molar-refractivity contribution is 5.84. The number of morpholine rings is 1. The lowest BCUT2D eigenvalue weighted by Gasteiger charge is -2.26. The van der Waals surface area contributed by atoms with Crippen LogP contribution in [0.15, 0.2) is 24.3 Å². The summed E-state index contributed by atoms with van der Waals surface area (Å²) in [6.07, 6.45) is -0.439. The zero-order chi connectivity index (χ0) is 12.6. The SMILES string of the molecule is O=C(Nc1[c]cccc1)OCCN1CCOCC1. The van der Waals surface area contributed by atoms with Gasteiger partial charge in [-0.15, -0.1) is 0 Å². The van der Waals surface area contributed by atoms with Gasteiger partial charge in [0.2, 0.25) is 0 Å². The van der Waals surface area contributed by atoms with Crippen LogP contribution in [0, 0.1) is 6.07 Å². The molecule has 18 heavy (non-hydrogen) atoms. The highest BCUT2D eigenvalue weighted by atomic mass is 16.5. The number of nitrogens with zero attached hydrogens (tertiary/aromatic N) is 1. The first-order valence-electron chi connectivity index (χ1n) is 6.05. The van der Waals surface area contributed by atoms with Crippen molar-refractivity contribution in [3.8, 4) is 0 Å². The van der Waals surface area contributed by atoms with Gasteiger partial charge in [-0.25, -0.2) is 4.79 Å². The number of nitrogens with one attached hydrogen (secondary N) is 1. The number of para-hydroxylation sites is 1. The van der Waals surface area contributed by atoms with Crippen molar-refractivity contribution >= 4 is 11.8 Å². The Balaban J connectivity index is 1.62. The molecule has 5 nitrogen and oxygen atoms in total. The van der Waals surface area contributed by atoms with Crippen LogP contribution in [0.2, 0.25) is 0 Å². The molecule has 1 aliphatic heterocycles. The van der Waals surface area contributed by atoms with Crippen LogP contribution in [-0.4, -0.2) is 50.4 Å². The third-order valence-electron chi connectivity index (χ3n) is 2.69. The van der Waals surface area contributed by atoms with Crippen molar-refractivity contribution < 1.29 is 14.3 Å². The van der Waals surface area contributed by atoms with Crippen molar-refractivity contribution in [1.29, 1.82) is 0 Å². The molecule has 0 bridgehead atoms. The molecule has 0 aliphatic carbocycles. The lowest BCUT2D eigenvalue weighted by Crippen LogP contribution is -2.38. The number of ether oxygens (including phenoxy) is 2. The lowest BCUT2D eigenvalue weighted by molar-refractivity contribution is 0.0290. The highest BCUT2D eigenvalue weighted by Crippen LogP contribution is 2.04. The predicted octanol–water partition coefficient (Wildman–Crippen LogP) is 1.37. The van der Waals surface area contributed by atoms with Crippen LogP contribution in [-0.2, 0) is 9.47 Å². The minimum absolute atomic E-state index is 0.388. The van der Waals surface area contributed by atoms with E-state index in [4.69, 9.17) is 9.47 Å². The fraction of sp³-hybridized carbons (Fsp3) is 0.462. The third-order valence-corrected chi connectivity index (χ3v) is 2.69. The van der Waals surface area contributed by atoms with Gasteiger partial charge in [0.25, 0.3) is 0 Å². The zero-order valence-electron chi connectivity index (χ0n) is 10.2. The Bertz CT molecular complexity index is 364. The van der Waals surface area contributed by atoms with Gasteiger partial charge in [0.05, 0.1) is 18.9 Å². The van der Waals surface area contributed by atoms with Crippen LogP contribution < -0.4 is 5.32 Å². The van der Waals surface area contributed by atoms with E-state index in [-0.39, 0.29) is 0 Å². The van der Waals surface area contributed by atoms with Crippen LogP contribution >= 0.6 is 0 Å². The summed E-state index contributed by atoms with van der Waals surface area (Å²) < 4.78 is 10.3. The quantitative estimate of drug-likeness (QED) is 0.875. The van der Waals surface area contributed by atoms with Crippen LogP contribution in [0.1, 0.15) is 0 Å². The Kier molecular flexibility index (Phi) is 4.99. The molecule has 0 unspecified atom stereocenters. The van der Waals surface area contributed by atoms with Crippen LogP contribution in [0.3, 0.4) is 0 Å². The summed E-state index contributed by atoms with van der Waals surface area (Å²) in [7, 11) is 0. The molecule has 1 aromatic carbocycles. The van der Waals surface area contributed by atoms with Crippen molar-refractivity contribution in [3.63, 3.8) is 0 Å². The van der Waals surface area contributed by atoms with Crippen molar-refractivity contribution in [1.82, 2.24) is 4.90 Å². The number of amides is 1. The van der Waals surface area contributed by atoms with Gasteiger partial charge in [-0.1, -0.05) is 18.2 Å². The minimum Gasteiger partial charge on any atom is -0.448 e. The molecule has 1 heterocycles. The van der Waals surface area contributed by atoms with Gasteiger partial charge < -0.3 is 9.47 Å². The number of carbonyl (C=O) groups excluding carboxylic acids is 1. The zero-order valence-corrected chi connectivity index (χ0v) is 10.2. The summed E-state index contributed by atoms with van der Waals surface area (Å²) in [6, 6.07) is 10.1.